The largest absolute Gasteiger partial charge is 0.497 e. The summed E-state index contributed by atoms with van der Waals surface area (Å²) in [5.74, 6) is 0.581. The highest BCUT2D eigenvalue weighted by Gasteiger charge is 2.13. The van der Waals surface area contributed by atoms with Crippen LogP contribution in [0.5, 0.6) is 5.75 Å². The number of hydrogen-bond acceptors (Lipinski definition) is 2. The molecule has 2 aromatic carbocycles. The van der Waals surface area contributed by atoms with Crippen LogP contribution in [0.3, 0.4) is 0 Å². The van der Waals surface area contributed by atoms with Crippen LogP contribution >= 0.6 is 15.9 Å². The SMILES string of the molecule is COc1cccc(CC(CO)Cc2cc(F)ccc2Br)c1. The lowest BCUT2D eigenvalue weighted by atomic mass is 9.93. The molecule has 2 aromatic rings. The normalized spacial score (nSPS) is 12.2. The number of aliphatic hydroxyl groups excluding tert-OH is 1. The van der Waals surface area contributed by atoms with Gasteiger partial charge in [-0.15, -0.1) is 0 Å². The molecule has 0 spiro atoms. The summed E-state index contributed by atoms with van der Waals surface area (Å²) in [6.07, 6.45) is 1.34. The van der Waals surface area contributed by atoms with Crippen molar-refractivity contribution >= 4 is 15.9 Å². The predicted molar refractivity (Wildman–Crippen MR) is 85.1 cm³/mol. The van der Waals surface area contributed by atoms with Gasteiger partial charge in [-0.3, -0.25) is 0 Å². The van der Waals surface area contributed by atoms with Crippen molar-refractivity contribution < 1.29 is 14.2 Å². The van der Waals surface area contributed by atoms with Gasteiger partial charge in [0.15, 0.2) is 0 Å². The van der Waals surface area contributed by atoms with E-state index in [0.29, 0.717) is 6.42 Å². The lowest BCUT2D eigenvalue weighted by Gasteiger charge is -2.16. The fourth-order valence-electron chi connectivity index (χ4n) is 2.34. The highest BCUT2D eigenvalue weighted by Crippen LogP contribution is 2.23. The second-order valence-electron chi connectivity index (χ2n) is 5.04. The lowest BCUT2D eigenvalue weighted by Crippen LogP contribution is -2.13. The molecule has 1 atom stereocenters. The number of aliphatic hydroxyl groups is 1. The molecule has 0 radical (unpaired) electrons. The molecule has 1 N–H and O–H groups in total. The van der Waals surface area contributed by atoms with Crippen molar-refractivity contribution in [1.29, 1.82) is 0 Å². The van der Waals surface area contributed by atoms with Crippen LogP contribution in [0.25, 0.3) is 0 Å². The zero-order chi connectivity index (χ0) is 15.2. The lowest BCUT2D eigenvalue weighted by molar-refractivity contribution is 0.224. The summed E-state index contributed by atoms with van der Waals surface area (Å²) in [5, 5.41) is 9.60. The van der Waals surface area contributed by atoms with E-state index in [4.69, 9.17) is 4.74 Å². The van der Waals surface area contributed by atoms with E-state index in [1.165, 1.54) is 12.1 Å². The molecule has 0 saturated carbocycles. The Hall–Kier alpha value is -1.39. The molecule has 0 aliphatic heterocycles. The molecule has 2 rings (SSSR count). The van der Waals surface area contributed by atoms with Gasteiger partial charge in [0.05, 0.1) is 7.11 Å². The molecule has 0 aromatic heterocycles. The van der Waals surface area contributed by atoms with Crippen LogP contribution in [0.15, 0.2) is 46.9 Å². The third-order valence-electron chi connectivity index (χ3n) is 3.43. The highest BCUT2D eigenvalue weighted by molar-refractivity contribution is 9.10. The molecule has 2 nitrogen and oxygen atoms in total. The number of halogens is 2. The zero-order valence-corrected chi connectivity index (χ0v) is 13.4. The summed E-state index contributed by atoms with van der Waals surface area (Å²) in [6, 6.07) is 12.4. The Morgan fingerprint density at radius 3 is 2.71 bits per heavy atom. The van der Waals surface area contributed by atoms with E-state index in [1.54, 1.807) is 13.2 Å². The number of hydrogen-bond donors (Lipinski definition) is 1. The molecule has 0 aliphatic carbocycles. The molecule has 0 saturated heterocycles. The predicted octanol–water partition coefficient (Wildman–Crippen LogP) is 3.99. The van der Waals surface area contributed by atoms with Crippen LogP contribution in [-0.4, -0.2) is 18.8 Å². The molecule has 0 heterocycles. The molecule has 0 bridgehead atoms. The van der Waals surface area contributed by atoms with Crippen LogP contribution in [0, 0.1) is 11.7 Å². The first-order chi connectivity index (χ1) is 10.1. The Labute approximate surface area is 132 Å². The fraction of sp³-hybridized carbons (Fsp3) is 0.294. The molecule has 4 heteroatoms. The summed E-state index contributed by atoms with van der Waals surface area (Å²) in [7, 11) is 1.63. The van der Waals surface area contributed by atoms with Crippen LogP contribution in [-0.2, 0) is 12.8 Å². The highest BCUT2D eigenvalue weighted by atomic mass is 79.9. The number of methoxy groups -OCH3 is 1. The first kappa shape index (κ1) is 16.0. The van der Waals surface area contributed by atoms with Gasteiger partial charge in [0.1, 0.15) is 11.6 Å². The van der Waals surface area contributed by atoms with Crippen molar-refractivity contribution in [3.8, 4) is 5.75 Å². The van der Waals surface area contributed by atoms with Crippen molar-refractivity contribution in [2.24, 2.45) is 5.92 Å². The summed E-state index contributed by atoms with van der Waals surface area (Å²) in [5.41, 5.74) is 1.97. The van der Waals surface area contributed by atoms with Gasteiger partial charge in [0.25, 0.3) is 0 Å². The maximum atomic E-state index is 13.3. The Bertz CT molecular complexity index is 601. The van der Waals surface area contributed by atoms with E-state index in [-0.39, 0.29) is 18.3 Å². The van der Waals surface area contributed by atoms with Gasteiger partial charge >= 0.3 is 0 Å². The second kappa shape index (κ2) is 7.57. The third-order valence-corrected chi connectivity index (χ3v) is 4.21. The van der Waals surface area contributed by atoms with Crippen molar-refractivity contribution in [2.75, 3.05) is 13.7 Å². The molecule has 0 aliphatic rings. The van der Waals surface area contributed by atoms with Gasteiger partial charge in [0, 0.05) is 11.1 Å². The monoisotopic (exact) mass is 352 g/mol. The van der Waals surface area contributed by atoms with Gasteiger partial charge in [-0.25, -0.2) is 4.39 Å². The Balaban J connectivity index is 2.10. The fourth-order valence-corrected chi connectivity index (χ4v) is 2.75. The smallest absolute Gasteiger partial charge is 0.123 e. The average Bonchev–Trinajstić information content (AvgIpc) is 2.50. The minimum atomic E-state index is -0.258. The summed E-state index contributed by atoms with van der Waals surface area (Å²) < 4.78 is 19.4. The van der Waals surface area contributed by atoms with Crippen LogP contribution < -0.4 is 4.74 Å². The molecular formula is C17H18BrFO2. The molecule has 21 heavy (non-hydrogen) atoms. The first-order valence-corrected chi connectivity index (χ1v) is 7.59. The van der Waals surface area contributed by atoms with E-state index in [2.05, 4.69) is 15.9 Å². The van der Waals surface area contributed by atoms with Crippen molar-refractivity contribution in [2.45, 2.75) is 12.8 Å². The van der Waals surface area contributed by atoms with Gasteiger partial charge in [-0.2, -0.15) is 0 Å². The maximum Gasteiger partial charge on any atom is 0.123 e. The minimum absolute atomic E-state index is 0.0372. The van der Waals surface area contributed by atoms with Gasteiger partial charge in [-0.05, 0) is 60.2 Å². The van der Waals surface area contributed by atoms with Gasteiger partial charge < -0.3 is 9.84 Å². The Kier molecular flexibility index (Phi) is 5.76. The molecule has 0 amide bonds. The van der Waals surface area contributed by atoms with Crippen molar-refractivity contribution in [3.05, 3.63) is 63.9 Å². The topological polar surface area (TPSA) is 29.5 Å². The van der Waals surface area contributed by atoms with E-state index in [0.717, 1.165) is 27.8 Å². The number of benzene rings is 2. The van der Waals surface area contributed by atoms with E-state index >= 15 is 0 Å². The number of ether oxygens (including phenoxy) is 1. The summed E-state index contributed by atoms with van der Waals surface area (Å²) in [6.45, 7) is 0.0557. The number of rotatable bonds is 6. The van der Waals surface area contributed by atoms with Crippen molar-refractivity contribution in [3.63, 3.8) is 0 Å². The van der Waals surface area contributed by atoms with Gasteiger partial charge in [-0.1, -0.05) is 28.1 Å². The summed E-state index contributed by atoms with van der Waals surface area (Å²) in [4.78, 5) is 0. The molecule has 1 unspecified atom stereocenters. The van der Waals surface area contributed by atoms with Crippen LogP contribution in [0.4, 0.5) is 4.39 Å². The standard InChI is InChI=1S/C17H18BrFO2/c1-21-16-4-2-3-12(9-16)7-13(11-20)8-14-10-15(19)5-6-17(14)18/h2-6,9-10,13,20H,7-8,11H2,1H3. The average molecular weight is 353 g/mol. The summed E-state index contributed by atoms with van der Waals surface area (Å²) >= 11 is 3.43. The van der Waals surface area contributed by atoms with Crippen LogP contribution in [0.2, 0.25) is 0 Å². The second-order valence-corrected chi connectivity index (χ2v) is 5.90. The molecular weight excluding hydrogens is 335 g/mol. The van der Waals surface area contributed by atoms with Crippen LogP contribution in [0.1, 0.15) is 11.1 Å². The van der Waals surface area contributed by atoms with E-state index < -0.39 is 0 Å². The van der Waals surface area contributed by atoms with Gasteiger partial charge in [0.2, 0.25) is 0 Å². The van der Waals surface area contributed by atoms with Crippen molar-refractivity contribution in [1.82, 2.24) is 0 Å². The zero-order valence-electron chi connectivity index (χ0n) is 11.9. The minimum Gasteiger partial charge on any atom is -0.497 e. The maximum absolute atomic E-state index is 13.3. The molecule has 112 valence electrons. The van der Waals surface area contributed by atoms with E-state index in [1.807, 2.05) is 24.3 Å². The quantitative estimate of drug-likeness (QED) is 0.851. The third kappa shape index (κ3) is 4.55. The Morgan fingerprint density at radius 1 is 1.19 bits per heavy atom. The van der Waals surface area contributed by atoms with E-state index in [9.17, 15) is 9.50 Å². The Morgan fingerprint density at radius 2 is 2.00 bits per heavy atom. The molecule has 0 fully saturated rings. The first-order valence-electron chi connectivity index (χ1n) is 6.80.